The number of hydrazine groups is 1. The van der Waals surface area contributed by atoms with E-state index in [4.69, 9.17) is 4.74 Å². The Labute approximate surface area is 280 Å². The van der Waals surface area contributed by atoms with E-state index < -0.39 is 49.1 Å². The number of imide groups is 1. The summed E-state index contributed by atoms with van der Waals surface area (Å²) in [6.07, 6.45) is -6.14. The number of aliphatic hydroxyl groups is 4. The van der Waals surface area contributed by atoms with Gasteiger partial charge in [0.1, 0.15) is 35.9 Å². The van der Waals surface area contributed by atoms with E-state index in [9.17, 15) is 40.2 Å². The van der Waals surface area contributed by atoms with Gasteiger partial charge in [-0.3, -0.25) is 14.6 Å². The minimum absolute atomic E-state index is 0.0494. The van der Waals surface area contributed by atoms with Crippen molar-refractivity contribution in [1.82, 2.24) is 25.0 Å². The molecule has 1 fully saturated rings. The number of aliphatic hydroxyl groups excluding tert-OH is 4. The standard InChI is InChI=1S/C36H29N5O9/c42-14-24-31(45)32(46)33(47)36(50-24)40-23-12-17(44)6-8-20(23)26-28-27(25-19-7-5-16(43)11-22(19)39-29(25)30(26)40)34(48)41(35(28)49)38-13-15-9-10-37-21-4-2-1-3-18(15)21/h1-12,24,31-33,36,38-39,42-47H,13-14H2. The summed E-state index contributed by atoms with van der Waals surface area (Å²) in [5, 5.41) is 67.1. The molecule has 252 valence electrons. The molecule has 0 aliphatic carbocycles. The highest BCUT2D eigenvalue weighted by Crippen LogP contribution is 2.48. The SMILES string of the molecule is O=C1c2c(c3c4ccc(O)cc4n(C4OC(CO)C(O)C(O)C4O)c3c3[nH]c4cc(O)ccc4c23)C(=O)N1NCc1ccnc2ccccc12. The molecule has 2 aliphatic heterocycles. The van der Waals surface area contributed by atoms with E-state index in [1.54, 1.807) is 24.4 Å². The first-order valence-electron chi connectivity index (χ1n) is 15.9. The van der Waals surface area contributed by atoms with Crippen LogP contribution in [0, 0.1) is 0 Å². The number of pyridine rings is 1. The number of carbonyl (C=O) groups is 2. The number of benzene rings is 4. The Hall–Kier alpha value is -5.61. The minimum atomic E-state index is -1.73. The third-order valence-electron chi connectivity index (χ3n) is 9.88. The average Bonchev–Trinajstić information content (AvgIpc) is 3.73. The monoisotopic (exact) mass is 675 g/mol. The Balaban J connectivity index is 1.32. The number of amides is 2. The molecule has 5 heterocycles. The van der Waals surface area contributed by atoms with E-state index in [0.717, 1.165) is 21.5 Å². The predicted molar refractivity (Wildman–Crippen MR) is 180 cm³/mol. The van der Waals surface area contributed by atoms with Gasteiger partial charge in [0.2, 0.25) is 0 Å². The molecular weight excluding hydrogens is 646 g/mol. The van der Waals surface area contributed by atoms with Crippen LogP contribution in [0.1, 0.15) is 32.5 Å². The highest BCUT2D eigenvalue weighted by atomic mass is 16.6. The van der Waals surface area contributed by atoms with Crippen molar-refractivity contribution in [3.8, 4) is 11.5 Å². The predicted octanol–water partition coefficient (Wildman–Crippen LogP) is 2.66. The van der Waals surface area contributed by atoms with Crippen LogP contribution in [0.3, 0.4) is 0 Å². The van der Waals surface area contributed by atoms with Gasteiger partial charge in [0.25, 0.3) is 11.8 Å². The molecule has 0 saturated carbocycles. The van der Waals surface area contributed by atoms with Crippen molar-refractivity contribution in [2.75, 3.05) is 6.61 Å². The Kier molecular flexibility index (Phi) is 6.67. The normalized spacial score (nSPS) is 22.6. The maximum absolute atomic E-state index is 14.6. The largest absolute Gasteiger partial charge is 0.508 e. The summed E-state index contributed by atoms with van der Waals surface area (Å²) in [5.74, 6) is -1.47. The number of nitrogens with zero attached hydrogens (tertiary/aromatic N) is 3. The lowest BCUT2D eigenvalue weighted by atomic mass is 9.96. The lowest BCUT2D eigenvalue weighted by Crippen LogP contribution is -2.56. The number of fused-ring (bicyclic) bond motifs is 11. The summed E-state index contributed by atoms with van der Waals surface area (Å²) >= 11 is 0. The zero-order chi connectivity index (χ0) is 34.6. The number of hydrogen-bond acceptors (Lipinski definition) is 11. The quantitative estimate of drug-likeness (QED) is 0.124. The van der Waals surface area contributed by atoms with Gasteiger partial charge in [-0.1, -0.05) is 18.2 Å². The second-order valence-electron chi connectivity index (χ2n) is 12.6. The van der Waals surface area contributed by atoms with Crippen LogP contribution in [-0.2, 0) is 11.3 Å². The number of hydrogen-bond donors (Lipinski definition) is 8. The summed E-state index contributed by atoms with van der Waals surface area (Å²) in [4.78, 5) is 36.7. The van der Waals surface area contributed by atoms with E-state index >= 15 is 0 Å². The van der Waals surface area contributed by atoms with Crippen molar-refractivity contribution in [2.45, 2.75) is 37.2 Å². The van der Waals surface area contributed by atoms with Crippen LogP contribution in [0.4, 0.5) is 0 Å². The number of phenolic OH excluding ortho intramolecular Hbond substituents is 2. The van der Waals surface area contributed by atoms with Gasteiger partial charge in [-0.2, -0.15) is 0 Å². The molecule has 50 heavy (non-hydrogen) atoms. The number of phenols is 2. The molecule has 2 amide bonds. The molecule has 9 rings (SSSR count). The molecular formula is C36H29N5O9. The van der Waals surface area contributed by atoms with Gasteiger partial charge in [-0.05, 0) is 42.0 Å². The molecule has 7 aromatic rings. The van der Waals surface area contributed by atoms with Crippen molar-refractivity contribution < 1.29 is 45.0 Å². The van der Waals surface area contributed by atoms with E-state index in [1.165, 1.54) is 28.8 Å². The fourth-order valence-electron chi connectivity index (χ4n) is 7.59. The molecule has 3 aromatic heterocycles. The van der Waals surface area contributed by atoms with Gasteiger partial charge in [-0.25, -0.2) is 10.4 Å². The molecule has 0 spiro atoms. The van der Waals surface area contributed by atoms with Crippen molar-refractivity contribution in [3.63, 3.8) is 0 Å². The molecule has 4 aromatic carbocycles. The third kappa shape index (κ3) is 4.14. The van der Waals surface area contributed by atoms with Gasteiger partial charge in [-0.15, -0.1) is 0 Å². The van der Waals surface area contributed by atoms with Crippen LogP contribution in [0.25, 0.3) is 54.5 Å². The van der Waals surface area contributed by atoms with Crippen LogP contribution < -0.4 is 5.43 Å². The number of rotatable bonds is 5. The number of ether oxygens (including phenoxy) is 1. The molecule has 14 heteroatoms. The Morgan fingerprint density at radius 1 is 0.820 bits per heavy atom. The van der Waals surface area contributed by atoms with Gasteiger partial charge < -0.3 is 44.9 Å². The molecule has 0 bridgehead atoms. The van der Waals surface area contributed by atoms with Crippen LogP contribution in [-0.4, -0.2) is 93.0 Å². The summed E-state index contributed by atoms with van der Waals surface area (Å²) in [5.41, 5.74) is 6.08. The molecule has 5 unspecified atom stereocenters. The fourth-order valence-corrected chi connectivity index (χ4v) is 7.59. The number of aromatic nitrogens is 3. The second kappa shape index (κ2) is 10.9. The lowest BCUT2D eigenvalue weighted by Gasteiger charge is -2.41. The third-order valence-corrected chi connectivity index (χ3v) is 9.88. The van der Waals surface area contributed by atoms with Crippen molar-refractivity contribution >= 4 is 66.3 Å². The van der Waals surface area contributed by atoms with E-state index in [0.29, 0.717) is 32.6 Å². The minimum Gasteiger partial charge on any atom is -0.508 e. The smallest absolute Gasteiger partial charge is 0.276 e. The summed E-state index contributed by atoms with van der Waals surface area (Å²) in [7, 11) is 0. The van der Waals surface area contributed by atoms with Crippen LogP contribution >= 0.6 is 0 Å². The number of carbonyl (C=O) groups excluding carboxylic acids is 2. The Morgan fingerprint density at radius 2 is 1.54 bits per heavy atom. The molecule has 8 N–H and O–H groups in total. The first-order chi connectivity index (χ1) is 24.2. The average molecular weight is 676 g/mol. The zero-order valence-corrected chi connectivity index (χ0v) is 26.0. The Bertz CT molecular complexity index is 2570. The number of nitrogens with one attached hydrogen (secondary N) is 2. The lowest BCUT2D eigenvalue weighted by molar-refractivity contribution is -0.249. The molecule has 0 radical (unpaired) electrons. The van der Waals surface area contributed by atoms with Gasteiger partial charge in [0.15, 0.2) is 6.23 Å². The number of para-hydroxylation sites is 1. The highest BCUT2D eigenvalue weighted by molar-refractivity contribution is 6.39. The summed E-state index contributed by atoms with van der Waals surface area (Å²) < 4.78 is 7.51. The topological polar surface area (TPSA) is 214 Å². The maximum Gasteiger partial charge on any atom is 0.276 e. The van der Waals surface area contributed by atoms with Crippen molar-refractivity contribution in [1.29, 1.82) is 0 Å². The first kappa shape index (κ1) is 30.4. The van der Waals surface area contributed by atoms with E-state index in [-0.39, 0.29) is 40.2 Å². The number of aromatic hydroxyl groups is 2. The maximum atomic E-state index is 14.6. The van der Waals surface area contributed by atoms with Crippen molar-refractivity contribution in [2.24, 2.45) is 0 Å². The van der Waals surface area contributed by atoms with Crippen molar-refractivity contribution in [3.05, 3.63) is 89.6 Å². The number of H-pyrrole nitrogens is 1. The Morgan fingerprint density at radius 3 is 2.32 bits per heavy atom. The summed E-state index contributed by atoms with van der Waals surface area (Å²) in [6, 6.07) is 18.3. The molecule has 14 nitrogen and oxygen atoms in total. The van der Waals surface area contributed by atoms with Gasteiger partial charge in [0.05, 0.1) is 45.3 Å². The molecule has 1 saturated heterocycles. The summed E-state index contributed by atoms with van der Waals surface area (Å²) in [6.45, 7) is -0.566. The van der Waals surface area contributed by atoms with Gasteiger partial charge >= 0.3 is 0 Å². The van der Waals surface area contributed by atoms with Crippen LogP contribution in [0.2, 0.25) is 0 Å². The van der Waals surface area contributed by atoms with E-state index in [2.05, 4.69) is 15.4 Å². The van der Waals surface area contributed by atoms with Gasteiger partial charge in [0, 0.05) is 51.8 Å². The number of aromatic amines is 1. The molecule has 2 aliphatic rings. The fraction of sp³-hybridized carbons (Fsp3) is 0.194. The second-order valence-corrected chi connectivity index (χ2v) is 12.6. The molecule has 5 atom stereocenters. The van der Waals surface area contributed by atoms with Crippen LogP contribution in [0.5, 0.6) is 11.5 Å². The van der Waals surface area contributed by atoms with Crippen LogP contribution in [0.15, 0.2) is 72.9 Å². The first-order valence-corrected chi connectivity index (χ1v) is 15.9. The van der Waals surface area contributed by atoms with E-state index in [1.807, 2.05) is 24.3 Å². The highest BCUT2D eigenvalue weighted by Gasteiger charge is 2.47. The zero-order valence-electron chi connectivity index (χ0n) is 26.0.